The van der Waals surface area contributed by atoms with Crippen LogP contribution < -0.4 is 5.32 Å². The number of rotatable bonds is 4. The Bertz CT molecular complexity index is 968. The van der Waals surface area contributed by atoms with E-state index in [2.05, 4.69) is 5.32 Å². The van der Waals surface area contributed by atoms with E-state index in [0.717, 1.165) is 0 Å². The van der Waals surface area contributed by atoms with Crippen LogP contribution in [0.3, 0.4) is 0 Å². The van der Waals surface area contributed by atoms with Gasteiger partial charge >= 0.3 is 18.2 Å². The number of ether oxygens (including phenoxy) is 2. The number of nitrogens with zero attached hydrogens (tertiary/aromatic N) is 1. The van der Waals surface area contributed by atoms with Crippen molar-refractivity contribution in [2.24, 2.45) is 0 Å². The second kappa shape index (κ2) is 8.55. The topological polar surface area (TPSA) is 107 Å². The van der Waals surface area contributed by atoms with E-state index in [1.165, 1.54) is 4.57 Å². The minimum Gasteiger partial charge on any atom is -0.480 e. The third-order valence-electron chi connectivity index (χ3n) is 3.89. The van der Waals surface area contributed by atoms with Gasteiger partial charge in [-0.05, 0) is 47.6 Å². The molecule has 1 aromatic carbocycles. The summed E-state index contributed by atoms with van der Waals surface area (Å²) in [4.78, 5) is 36.6. The van der Waals surface area contributed by atoms with Gasteiger partial charge < -0.3 is 19.9 Å². The van der Waals surface area contributed by atoms with Crippen LogP contribution in [0.4, 0.5) is 9.59 Å². The Morgan fingerprint density at radius 1 is 1.07 bits per heavy atom. The van der Waals surface area contributed by atoms with Crippen molar-refractivity contribution in [1.29, 1.82) is 0 Å². The van der Waals surface area contributed by atoms with E-state index in [4.69, 9.17) is 21.1 Å². The van der Waals surface area contributed by atoms with Crippen molar-refractivity contribution in [2.45, 2.75) is 65.2 Å². The molecule has 8 nitrogen and oxygen atoms in total. The Morgan fingerprint density at radius 2 is 1.63 bits per heavy atom. The van der Waals surface area contributed by atoms with Crippen LogP contribution in [0.1, 0.15) is 47.1 Å². The average Bonchev–Trinajstić information content (AvgIpc) is 2.83. The van der Waals surface area contributed by atoms with E-state index in [9.17, 15) is 19.5 Å². The molecule has 30 heavy (non-hydrogen) atoms. The molecule has 1 aromatic heterocycles. The predicted molar refractivity (Wildman–Crippen MR) is 113 cm³/mol. The number of nitrogens with one attached hydrogen (secondary N) is 1. The molecule has 0 saturated heterocycles. The normalized spacial score (nSPS) is 13.0. The van der Waals surface area contributed by atoms with Gasteiger partial charge in [-0.2, -0.15) is 0 Å². The molecule has 0 aliphatic carbocycles. The first kappa shape index (κ1) is 23.5. The van der Waals surface area contributed by atoms with E-state index in [1.54, 1.807) is 65.8 Å². The van der Waals surface area contributed by atoms with Gasteiger partial charge in [0.25, 0.3) is 0 Å². The first-order chi connectivity index (χ1) is 13.7. The van der Waals surface area contributed by atoms with Crippen molar-refractivity contribution >= 4 is 40.7 Å². The van der Waals surface area contributed by atoms with Crippen molar-refractivity contribution in [1.82, 2.24) is 9.88 Å². The fourth-order valence-corrected chi connectivity index (χ4v) is 3.15. The van der Waals surface area contributed by atoms with E-state index in [1.807, 2.05) is 0 Å². The SMILES string of the molecule is CC(C)(C)OC(=O)N[C@H](Cc1c(Cl)n(C(=O)OC(C)(C)C)c2ccccc12)C(=O)O. The number of benzene rings is 1. The highest BCUT2D eigenvalue weighted by Gasteiger charge is 2.29. The number of aliphatic carboxylic acids is 1. The molecule has 2 rings (SSSR count). The molecule has 1 amide bonds. The molecule has 9 heteroatoms. The van der Waals surface area contributed by atoms with Gasteiger partial charge in [0.05, 0.1) is 5.52 Å². The number of hydrogen-bond donors (Lipinski definition) is 2. The van der Waals surface area contributed by atoms with Gasteiger partial charge in [0.1, 0.15) is 22.4 Å². The molecule has 0 saturated carbocycles. The van der Waals surface area contributed by atoms with E-state index in [-0.39, 0.29) is 11.6 Å². The maximum Gasteiger partial charge on any atom is 0.420 e. The molecule has 1 atom stereocenters. The summed E-state index contributed by atoms with van der Waals surface area (Å²) in [5, 5.41) is 12.6. The third kappa shape index (κ3) is 5.89. The molecule has 0 bridgehead atoms. The molecule has 1 heterocycles. The van der Waals surface area contributed by atoms with E-state index < -0.39 is 35.4 Å². The summed E-state index contributed by atoms with van der Waals surface area (Å²) >= 11 is 6.49. The lowest BCUT2D eigenvalue weighted by Gasteiger charge is -2.22. The van der Waals surface area contributed by atoms with Gasteiger partial charge in [-0.1, -0.05) is 29.8 Å². The number of fused-ring (bicyclic) bond motifs is 1. The number of amides is 1. The lowest BCUT2D eigenvalue weighted by Crippen LogP contribution is -2.44. The molecule has 0 aliphatic rings. The van der Waals surface area contributed by atoms with Crippen molar-refractivity contribution in [3.8, 4) is 0 Å². The molecule has 0 unspecified atom stereocenters. The fourth-order valence-electron chi connectivity index (χ4n) is 2.81. The van der Waals surface area contributed by atoms with Crippen molar-refractivity contribution < 1.29 is 29.0 Å². The van der Waals surface area contributed by atoms with Crippen LogP contribution in [0.5, 0.6) is 0 Å². The zero-order valence-corrected chi connectivity index (χ0v) is 18.7. The summed E-state index contributed by atoms with van der Waals surface area (Å²) in [7, 11) is 0. The summed E-state index contributed by atoms with van der Waals surface area (Å²) in [6.07, 6.45) is -1.69. The second-order valence-corrected chi connectivity index (χ2v) is 9.20. The number of aromatic nitrogens is 1. The highest BCUT2D eigenvalue weighted by atomic mass is 35.5. The van der Waals surface area contributed by atoms with Crippen LogP contribution in [0.25, 0.3) is 10.9 Å². The zero-order chi connectivity index (χ0) is 22.9. The van der Waals surface area contributed by atoms with Gasteiger partial charge in [0.15, 0.2) is 0 Å². The lowest BCUT2D eigenvalue weighted by atomic mass is 10.1. The summed E-state index contributed by atoms with van der Waals surface area (Å²) in [6, 6.07) is 5.58. The van der Waals surface area contributed by atoms with Crippen molar-refractivity contribution in [2.75, 3.05) is 0 Å². The Morgan fingerprint density at radius 3 is 2.17 bits per heavy atom. The highest BCUT2D eigenvalue weighted by molar-refractivity contribution is 6.33. The maximum absolute atomic E-state index is 12.7. The highest BCUT2D eigenvalue weighted by Crippen LogP contribution is 2.32. The number of carbonyl (C=O) groups is 3. The number of carboxylic acid groups (broad SMARTS) is 1. The Hall–Kier alpha value is -2.74. The van der Waals surface area contributed by atoms with Gasteiger partial charge in [-0.3, -0.25) is 0 Å². The smallest absolute Gasteiger partial charge is 0.420 e. The van der Waals surface area contributed by atoms with E-state index in [0.29, 0.717) is 16.5 Å². The van der Waals surface area contributed by atoms with Gasteiger partial charge in [-0.15, -0.1) is 0 Å². The molecular weight excluding hydrogens is 412 g/mol. The molecule has 0 spiro atoms. The molecule has 0 radical (unpaired) electrons. The summed E-state index contributed by atoms with van der Waals surface area (Å²) in [5.74, 6) is -1.26. The van der Waals surface area contributed by atoms with E-state index >= 15 is 0 Å². The molecule has 0 fully saturated rings. The third-order valence-corrected chi connectivity index (χ3v) is 4.29. The Balaban J connectivity index is 2.43. The molecule has 164 valence electrons. The van der Waals surface area contributed by atoms with Crippen LogP contribution in [-0.4, -0.2) is 45.1 Å². The van der Waals surface area contributed by atoms with Gasteiger partial charge in [-0.25, -0.2) is 19.0 Å². The van der Waals surface area contributed by atoms with Gasteiger partial charge in [0, 0.05) is 17.4 Å². The van der Waals surface area contributed by atoms with Crippen LogP contribution in [-0.2, 0) is 20.7 Å². The monoisotopic (exact) mass is 438 g/mol. The van der Waals surface area contributed by atoms with Crippen LogP contribution >= 0.6 is 11.6 Å². The minimum absolute atomic E-state index is 0.0303. The number of halogens is 1. The van der Waals surface area contributed by atoms with Crippen LogP contribution in [0, 0.1) is 0 Å². The number of alkyl carbamates (subject to hydrolysis) is 1. The van der Waals surface area contributed by atoms with Crippen LogP contribution in [0.2, 0.25) is 5.15 Å². The molecule has 2 N–H and O–H groups in total. The van der Waals surface area contributed by atoms with Crippen molar-refractivity contribution in [3.05, 3.63) is 35.0 Å². The first-order valence-corrected chi connectivity index (χ1v) is 9.81. The Labute approximate surface area is 180 Å². The van der Waals surface area contributed by atoms with Gasteiger partial charge in [0.2, 0.25) is 0 Å². The minimum atomic E-state index is -1.31. The average molecular weight is 439 g/mol. The van der Waals surface area contributed by atoms with Crippen LogP contribution in [0.15, 0.2) is 24.3 Å². The standard InChI is InChI=1S/C21H27ClN2O6/c1-20(2,3)29-18(27)23-14(17(25)26)11-13-12-9-7-8-10-15(12)24(16(13)22)19(28)30-21(4,5)6/h7-10,14H,11H2,1-6H3,(H,23,27)(H,25,26)/t14-/m1/s1. The lowest BCUT2D eigenvalue weighted by molar-refractivity contribution is -0.139. The molecule has 2 aromatic rings. The fraction of sp³-hybridized carbons (Fsp3) is 0.476. The van der Waals surface area contributed by atoms with Crippen molar-refractivity contribution in [3.63, 3.8) is 0 Å². The Kier molecular flexibility index (Phi) is 6.71. The predicted octanol–water partition coefficient (Wildman–Crippen LogP) is 4.60. The summed E-state index contributed by atoms with van der Waals surface area (Å²) in [5.41, 5.74) is -0.638. The maximum atomic E-state index is 12.7. The number of carbonyl (C=O) groups excluding carboxylic acids is 2. The molecular formula is C21H27ClN2O6. The molecule has 0 aliphatic heterocycles. The summed E-state index contributed by atoms with van der Waals surface area (Å²) < 4.78 is 11.8. The second-order valence-electron chi connectivity index (χ2n) is 8.84. The number of para-hydroxylation sites is 1. The summed E-state index contributed by atoms with van der Waals surface area (Å²) in [6.45, 7) is 10.2. The quantitative estimate of drug-likeness (QED) is 0.722. The number of carboxylic acids is 1. The largest absolute Gasteiger partial charge is 0.480 e. The zero-order valence-electron chi connectivity index (χ0n) is 17.9. The number of hydrogen-bond acceptors (Lipinski definition) is 5. The first-order valence-electron chi connectivity index (χ1n) is 9.43.